The van der Waals surface area contributed by atoms with Crippen LogP contribution in [0, 0.1) is 0 Å². The smallest absolute Gasteiger partial charge is 0.314 e. The maximum absolute atomic E-state index is 11.6. The number of carboxylic acid groups (broad SMARTS) is 1. The normalized spacial score (nSPS) is 12.2. The number of nitrogens with zero attached hydrogens (tertiary/aromatic N) is 4. The van der Waals surface area contributed by atoms with Crippen LogP contribution < -0.4 is 0 Å². The Morgan fingerprint density at radius 1 is 0.964 bits per heavy atom. The van der Waals surface area contributed by atoms with Crippen molar-refractivity contribution in [3.63, 3.8) is 0 Å². The van der Waals surface area contributed by atoms with Crippen molar-refractivity contribution in [3.8, 4) is 0 Å². The molecule has 0 aliphatic rings. The van der Waals surface area contributed by atoms with Crippen LogP contribution in [-0.2, 0) is 17.8 Å². The molecule has 0 radical (unpaired) electrons. The Hall–Kier alpha value is -2.24. The average Bonchev–Trinajstić information content (AvgIpc) is 3.16. The number of benzene rings is 1. The minimum atomic E-state index is -0.915. The summed E-state index contributed by atoms with van der Waals surface area (Å²) in [6.07, 6.45) is 13.1. The summed E-state index contributed by atoms with van der Waals surface area (Å²) in [6, 6.07) is 9.57. The Bertz CT molecular complexity index is 672. The highest BCUT2D eigenvalue weighted by atomic mass is 16.4. The predicted octanol–water partition coefficient (Wildman–Crippen LogP) is 5.00. The van der Waals surface area contributed by atoms with Gasteiger partial charge in [0, 0.05) is 0 Å². The van der Waals surface area contributed by atoms with E-state index in [0.29, 0.717) is 18.8 Å². The third-order valence-electron chi connectivity index (χ3n) is 5.07. The van der Waals surface area contributed by atoms with Crippen molar-refractivity contribution in [2.75, 3.05) is 0 Å². The standard InChI is InChI=1S/C22H34N4O2/c1-2-3-4-5-6-7-8-9-10-14-17-26-24-21(23-25-26)20(22(27)28)18-19-15-12-11-13-16-19/h11-13,15-16,20H,2-10,14,17-18H2,1H3,(H,27,28). The van der Waals surface area contributed by atoms with Gasteiger partial charge in [0.2, 0.25) is 0 Å². The number of carbonyl (C=O) groups is 1. The number of rotatable bonds is 15. The Morgan fingerprint density at radius 2 is 1.57 bits per heavy atom. The molecule has 0 saturated carbocycles. The van der Waals surface area contributed by atoms with E-state index in [1.807, 2.05) is 30.3 Å². The van der Waals surface area contributed by atoms with Crippen molar-refractivity contribution in [1.29, 1.82) is 0 Å². The van der Waals surface area contributed by atoms with Gasteiger partial charge in [-0.15, -0.1) is 10.2 Å². The summed E-state index contributed by atoms with van der Waals surface area (Å²) in [4.78, 5) is 13.2. The fraction of sp³-hybridized carbons (Fsp3) is 0.636. The lowest BCUT2D eigenvalue weighted by molar-refractivity contribution is -0.139. The van der Waals surface area contributed by atoms with Crippen molar-refractivity contribution in [2.24, 2.45) is 0 Å². The van der Waals surface area contributed by atoms with Crippen LogP contribution in [-0.4, -0.2) is 31.3 Å². The molecule has 0 spiro atoms. The zero-order chi connectivity index (χ0) is 20.0. The second-order valence-electron chi connectivity index (χ2n) is 7.51. The van der Waals surface area contributed by atoms with Gasteiger partial charge in [0.25, 0.3) is 0 Å². The highest BCUT2D eigenvalue weighted by Crippen LogP contribution is 2.18. The molecule has 28 heavy (non-hydrogen) atoms. The first kappa shape index (κ1) is 22.1. The second-order valence-corrected chi connectivity index (χ2v) is 7.51. The van der Waals surface area contributed by atoms with E-state index in [2.05, 4.69) is 22.3 Å². The number of aliphatic carboxylic acids is 1. The summed E-state index contributed by atoms with van der Waals surface area (Å²) >= 11 is 0. The van der Waals surface area contributed by atoms with Crippen molar-refractivity contribution >= 4 is 5.97 Å². The van der Waals surface area contributed by atoms with E-state index in [-0.39, 0.29) is 0 Å². The van der Waals surface area contributed by atoms with Crippen LogP contribution in [0.15, 0.2) is 30.3 Å². The van der Waals surface area contributed by atoms with Crippen LogP contribution in [0.25, 0.3) is 0 Å². The van der Waals surface area contributed by atoms with Gasteiger partial charge in [-0.3, -0.25) is 4.79 Å². The molecule has 154 valence electrons. The molecule has 0 aliphatic carbocycles. The van der Waals surface area contributed by atoms with Gasteiger partial charge in [0.05, 0.1) is 6.54 Å². The number of aryl methyl sites for hydroxylation is 1. The molecule has 0 saturated heterocycles. The van der Waals surface area contributed by atoms with Crippen LogP contribution in [0.3, 0.4) is 0 Å². The SMILES string of the molecule is CCCCCCCCCCCCn1nnc(C(Cc2ccccc2)C(=O)O)n1. The van der Waals surface area contributed by atoms with Gasteiger partial charge >= 0.3 is 5.97 Å². The monoisotopic (exact) mass is 386 g/mol. The van der Waals surface area contributed by atoms with Crippen LogP contribution in [0.1, 0.15) is 88.4 Å². The summed E-state index contributed by atoms with van der Waals surface area (Å²) in [6.45, 7) is 2.94. The quantitative estimate of drug-likeness (QED) is 0.435. The van der Waals surface area contributed by atoms with Crippen molar-refractivity contribution in [3.05, 3.63) is 41.7 Å². The number of tetrazole rings is 1. The molecule has 0 amide bonds. The van der Waals surface area contributed by atoms with Crippen molar-refractivity contribution in [2.45, 2.75) is 90.0 Å². The Kier molecular flexibility index (Phi) is 10.3. The van der Waals surface area contributed by atoms with E-state index in [1.54, 1.807) is 4.80 Å². The summed E-state index contributed by atoms with van der Waals surface area (Å²) in [7, 11) is 0. The first-order valence-electron chi connectivity index (χ1n) is 10.7. The molecule has 2 rings (SSSR count). The molecule has 0 bridgehead atoms. The number of hydrogen-bond acceptors (Lipinski definition) is 4. The average molecular weight is 387 g/mol. The molecule has 6 heteroatoms. The van der Waals surface area contributed by atoms with Gasteiger partial charge in [-0.25, -0.2) is 0 Å². The molecule has 1 unspecified atom stereocenters. The highest BCUT2D eigenvalue weighted by Gasteiger charge is 2.25. The second kappa shape index (κ2) is 13.0. The van der Waals surface area contributed by atoms with Gasteiger partial charge in [0.15, 0.2) is 5.82 Å². The van der Waals surface area contributed by atoms with Crippen molar-refractivity contribution in [1.82, 2.24) is 20.2 Å². The Morgan fingerprint density at radius 3 is 2.18 bits per heavy atom. The van der Waals surface area contributed by atoms with E-state index in [4.69, 9.17) is 0 Å². The maximum atomic E-state index is 11.6. The molecule has 1 aromatic heterocycles. The zero-order valence-electron chi connectivity index (χ0n) is 17.1. The lowest BCUT2D eigenvalue weighted by Gasteiger charge is -2.07. The molecular formula is C22H34N4O2. The zero-order valence-corrected chi connectivity index (χ0v) is 17.1. The summed E-state index contributed by atoms with van der Waals surface area (Å²) < 4.78 is 0. The van der Waals surface area contributed by atoms with Crippen molar-refractivity contribution < 1.29 is 9.90 Å². The van der Waals surface area contributed by atoms with Gasteiger partial charge < -0.3 is 5.11 Å². The summed E-state index contributed by atoms with van der Waals surface area (Å²) in [5.41, 5.74) is 0.959. The van der Waals surface area contributed by atoms with E-state index >= 15 is 0 Å². The summed E-state index contributed by atoms with van der Waals surface area (Å²) in [5.74, 6) is -1.38. The molecule has 1 N–H and O–H groups in total. The van der Waals surface area contributed by atoms with Gasteiger partial charge in [-0.05, 0) is 23.6 Å². The van der Waals surface area contributed by atoms with E-state index < -0.39 is 11.9 Å². The highest BCUT2D eigenvalue weighted by molar-refractivity contribution is 5.75. The molecule has 1 aromatic carbocycles. The minimum Gasteiger partial charge on any atom is -0.481 e. The maximum Gasteiger partial charge on any atom is 0.314 e. The molecular weight excluding hydrogens is 352 g/mol. The van der Waals surface area contributed by atoms with Crippen LogP contribution in [0.2, 0.25) is 0 Å². The van der Waals surface area contributed by atoms with E-state index in [0.717, 1.165) is 18.4 Å². The largest absolute Gasteiger partial charge is 0.481 e. The fourth-order valence-electron chi connectivity index (χ4n) is 3.37. The van der Waals surface area contributed by atoms with Crippen LogP contribution in [0.4, 0.5) is 0 Å². The lowest BCUT2D eigenvalue weighted by Crippen LogP contribution is -2.16. The van der Waals surface area contributed by atoms with Gasteiger partial charge in [0.1, 0.15) is 5.92 Å². The third kappa shape index (κ3) is 8.19. The van der Waals surface area contributed by atoms with Gasteiger partial charge in [-0.2, -0.15) is 4.80 Å². The Labute approximate surface area is 168 Å². The summed E-state index contributed by atoms with van der Waals surface area (Å²) in [5, 5.41) is 21.9. The molecule has 1 atom stereocenters. The third-order valence-corrected chi connectivity index (χ3v) is 5.07. The molecule has 6 nitrogen and oxygen atoms in total. The molecule has 1 heterocycles. The van der Waals surface area contributed by atoms with Gasteiger partial charge in [-0.1, -0.05) is 95.0 Å². The first-order valence-corrected chi connectivity index (χ1v) is 10.7. The Balaban J connectivity index is 1.67. The fourth-order valence-corrected chi connectivity index (χ4v) is 3.37. The van der Waals surface area contributed by atoms with E-state index in [1.165, 1.54) is 51.4 Å². The first-order chi connectivity index (χ1) is 13.7. The van der Waals surface area contributed by atoms with Crippen LogP contribution >= 0.6 is 0 Å². The van der Waals surface area contributed by atoms with Crippen LogP contribution in [0.5, 0.6) is 0 Å². The van der Waals surface area contributed by atoms with E-state index in [9.17, 15) is 9.90 Å². The predicted molar refractivity (Wildman–Crippen MR) is 110 cm³/mol. The minimum absolute atomic E-state index is 0.295. The lowest BCUT2D eigenvalue weighted by atomic mass is 9.99. The number of unbranched alkanes of at least 4 members (excludes halogenated alkanes) is 9. The number of carboxylic acids is 1. The topological polar surface area (TPSA) is 80.9 Å². The number of aromatic nitrogens is 4. The molecule has 0 aliphatic heterocycles. The molecule has 0 fully saturated rings. The number of hydrogen-bond donors (Lipinski definition) is 1. The molecule has 2 aromatic rings.